The highest BCUT2D eigenvalue weighted by Crippen LogP contribution is 2.27. The highest BCUT2D eigenvalue weighted by Gasteiger charge is 2.35. The third-order valence-electron chi connectivity index (χ3n) is 4.18. The number of aliphatic hydroxyl groups is 1. The summed E-state index contributed by atoms with van der Waals surface area (Å²) in [7, 11) is 0. The van der Waals surface area contributed by atoms with Gasteiger partial charge in [0.15, 0.2) is 0 Å². The molecule has 0 radical (unpaired) electrons. The first-order valence-corrected chi connectivity index (χ1v) is 7.51. The summed E-state index contributed by atoms with van der Waals surface area (Å²) in [4.78, 5) is 13.8. The molecule has 0 amide bonds. The third-order valence-corrected chi connectivity index (χ3v) is 4.18. The fourth-order valence-corrected chi connectivity index (χ4v) is 3.26. The lowest BCUT2D eigenvalue weighted by molar-refractivity contribution is -0.145. The van der Waals surface area contributed by atoms with Gasteiger partial charge < -0.3 is 15.2 Å². The predicted octanol–water partition coefficient (Wildman–Crippen LogP) is 0.517. The molecule has 2 fully saturated rings. The van der Waals surface area contributed by atoms with Gasteiger partial charge in [0.25, 0.3) is 0 Å². The van der Waals surface area contributed by atoms with Crippen LogP contribution in [-0.2, 0) is 9.53 Å². The minimum atomic E-state index is -0.642. The minimum absolute atomic E-state index is 0.0853. The summed E-state index contributed by atoms with van der Waals surface area (Å²) < 4.78 is 4.84. The number of fused-ring (bicyclic) bond motifs is 1. The molecule has 2 rings (SSSR count). The van der Waals surface area contributed by atoms with Gasteiger partial charge in [0, 0.05) is 25.2 Å². The highest BCUT2D eigenvalue weighted by molar-refractivity contribution is 5.69. The summed E-state index contributed by atoms with van der Waals surface area (Å²) >= 11 is 0. The number of hydrogen-bond donors (Lipinski definition) is 2. The number of carbonyl (C=O) groups excluding carboxylic acids is 1. The molecule has 2 N–H and O–H groups in total. The van der Waals surface area contributed by atoms with E-state index in [0.717, 1.165) is 13.0 Å². The highest BCUT2D eigenvalue weighted by atomic mass is 16.5. The van der Waals surface area contributed by atoms with E-state index in [1.165, 1.54) is 25.8 Å². The molecule has 0 aromatic rings. The molecule has 0 aromatic heterocycles. The lowest BCUT2D eigenvalue weighted by atomic mass is 9.99. The van der Waals surface area contributed by atoms with Crippen LogP contribution >= 0.6 is 0 Å². The van der Waals surface area contributed by atoms with Gasteiger partial charge >= 0.3 is 5.97 Å². The summed E-state index contributed by atoms with van der Waals surface area (Å²) in [5, 5.41) is 13.3. The number of hydrogen-bond acceptors (Lipinski definition) is 5. The van der Waals surface area contributed by atoms with Gasteiger partial charge in [0.05, 0.1) is 19.1 Å². The fraction of sp³-hybridized carbons (Fsp3) is 0.929. The number of aliphatic hydroxyl groups excluding tert-OH is 1. The summed E-state index contributed by atoms with van der Waals surface area (Å²) in [6.45, 7) is 5.01. The van der Waals surface area contributed by atoms with Gasteiger partial charge in [-0.3, -0.25) is 9.69 Å². The summed E-state index contributed by atoms with van der Waals surface area (Å²) in [5.41, 5.74) is 0. The van der Waals surface area contributed by atoms with Crippen molar-refractivity contribution in [1.82, 2.24) is 10.2 Å². The number of carbonyl (C=O) groups is 1. The Hall–Kier alpha value is -0.650. The van der Waals surface area contributed by atoms with Crippen molar-refractivity contribution in [3.05, 3.63) is 0 Å². The molecule has 0 saturated carbocycles. The standard InChI is InChI=1S/C14H26N2O3/c1-2-19-14(18)9-11(17)10-15-12-6-8-16-7-4-3-5-13(12)16/h11-13,15,17H,2-10H2,1H3. The Bertz CT molecular complexity index is 298. The van der Waals surface area contributed by atoms with Crippen LogP contribution in [0, 0.1) is 0 Å². The zero-order chi connectivity index (χ0) is 13.7. The molecule has 2 saturated heterocycles. The van der Waals surface area contributed by atoms with Crippen LogP contribution in [0.15, 0.2) is 0 Å². The predicted molar refractivity (Wildman–Crippen MR) is 72.9 cm³/mol. The lowest BCUT2D eigenvalue weighted by Gasteiger charge is -2.33. The molecule has 5 heteroatoms. The average molecular weight is 270 g/mol. The van der Waals surface area contributed by atoms with Gasteiger partial charge in [0.1, 0.15) is 0 Å². The van der Waals surface area contributed by atoms with Crippen molar-refractivity contribution in [2.45, 2.75) is 57.2 Å². The molecule has 2 aliphatic heterocycles. The second-order valence-corrected chi connectivity index (χ2v) is 5.57. The molecule has 2 heterocycles. The number of nitrogens with one attached hydrogen (secondary N) is 1. The van der Waals surface area contributed by atoms with E-state index in [9.17, 15) is 9.90 Å². The SMILES string of the molecule is CCOC(=O)CC(O)CNC1CCN2CCCCC12. The second-order valence-electron chi connectivity index (χ2n) is 5.57. The van der Waals surface area contributed by atoms with Crippen molar-refractivity contribution in [1.29, 1.82) is 0 Å². The maximum absolute atomic E-state index is 11.3. The van der Waals surface area contributed by atoms with Crippen LogP contribution in [-0.4, -0.2) is 60.4 Å². The Morgan fingerprint density at radius 3 is 3.05 bits per heavy atom. The molecule has 0 bridgehead atoms. The Morgan fingerprint density at radius 1 is 1.42 bits per heavy atom. The van der Waals surface area contributed by atoms with Gasteiger partial charge in [0.2, 0.25) is 0 Å². The smallest absolute Gasteiger partial charge is 0.308 e. The molecule has 0 spiro atoms. The Kier molecular flexibility index (Phi) is 5.60. The van der Waals surface area contributed by atoms with Crippen LogP contribution in [0.3, 0.4) is 0 Å². The van der Waals surface area contributed by atoms with Crippen LogP contribution < -0.4 is 5.32 Å². The summed E-state index contributed by atoms with van der Waals surface area (Å²) in [6, 6.07) is 1.10. The summed E-state index contributed by atoms with van der Waals surface area (Å²) in [6.07, 6.45) is 4.47. The third kappa shape index (κ3) is 4.16. The van der Waals surface area contributed by atoms with Crippen LogP contribution in [0.2, 0.25) is 0 Å². The van der Waals surface area contributed by atoms with Crippen LogP contribution in [0.4, 0.5) is 0 Å². The first kappa shape index (κ1) is 14.8. The van der Waals surface area contributed by atoms with Gasteiger partial charge in [-0.05, 0) is 32.7 Å². The van der Waals surface area contributed by atoms with E-state index >= 15 is 0 Å². The zero-order valence-corrected chi connectivity index (χ0v) is 11.8. The number of nitrogens with zero attached hydrogens (tertiary/aromatic N) is 1. The number of piperidine rings is 1. The number of rotatable bonds is 6. The molecule has 19 heavy (non-hydrogen) atoms. The second kappa shape index (κ2) is 7.22. The van der Waals surface area contributed by atoms with E-state index in [1.807, 2.05) is 0 Å². The quantitative estimate of drug-likeness (QED) is 0.689. The van der Waals surface area contributed by atoms with E-state index in [1.54, 1.807) is 6.92 Å². The van der Waals surface area contributed by atoms with Crippen LogP contribution in [0.1, 0.15) is 39.0 Å². The molecule has 5 nitrogen and oxygen atoms in total. The topological polar surface area (TPSA) is 61.8 Å². The van der Waals surface area contributed by atoms with Crippen LogP contribution in [0.5, 0.6) is 0 Å². The zero-order valence-electron chi connectivity index (χ0n) is 11.8. The van der Waals surface area contributed by atoms with E-state index < -0.39 is 6.10 Å². The van der Waals surface area contributed by atoms with E-state index in [4.69, 9.17) is 4.74 Å². The first-order valence-electron chi connectivity index (χ1n) is 7.51. The van der Waals surface area contributed by atoms with E-state index in [2.05, 4.69) is 10.2 Å². The lowest BCUT2D eigenvalue weighted by Crippen LogP contribution is -2.46. The number of esters is 1. The van der Waals surface area contributed by atoms with Crippen molar-refractivity contribution in [3.63, 3.8) is 0 Å². The van der Waals surface area contributed by atoms with Gasteiger partial charge in [-0.1, -0.05) is 6.42 Å². The van der Waals surface area contributed by atoms with Crippen molar-refractivity contribution >= 4 is 5.97 Å². The Morgan fingerprint density at radius 2 is 2.26 bits per heavy atom. The van der Waals surface area contributed by atoms with Crippen molar-refractivity contribution in [2.24, 2.45) is 0 Å². The van der Waals surface area contributed by atoms with Gasteiger partial charge in [-0.2, -0.15) is 0 Å². The maximum atomic E-state index is 11.3. The van der Waals surface area contributed by atoms with Crippen molar-refractivity contribution in [3.8, 4) is 0 Å². The normalized spacial score (nSPS) is 28.9. The van der Waals surface area contributed by atoms with E-state index in [-0.39, 0.29) is 12.4 Å². The molecule has 0 aliphatic carbocycles. The van der Waals surface area contributed by atoms with E-state index in [0.29, 0.717) is 25.2 Å². The van der Waals surface area contributed by atoms with Crippen molar-refractivity contribution < 1.29 is 14.6 Å². The molecule has 110 valence electrons. The molecular formula is C14H26N2O3. The van der Waals surface area contributed by atoms with Crippen LogP contribution in [0.25, 0.3) is 0 Å². The first-order chi connectivity index (χ1) is 9.20. The Labute approximate surface area is 115 Å². The van der Waals surface area contributed by atoms with Gasteiger partial charge in [-0.25, -0.2) is 0 Å². The monoisotopic (exact) mass is 270 g/mol. The number of ether oxygens (including phenoxy) is 1. The fourth-order valence-electron chi connectivity index (χ4n) is 3.26. The molecular weight excluding hydrogens is 244 g/mol. The minimum Gasteiger partial charge on any atom is -0.466 e. The van der Waals surface area contributed by atoms with Crippen molar-refractivity contribution in [2.75, 3.05) is 26.2 Å². The maximum Gasteiger partial charge on any atom is 0.308 e. The molecule has 0 aromatic carbocycles. The molecule has 2 aliphatic rings. The summed E-state index contributed by atoms with van der Waals surface area (Å²) in [5.74, 6) is -0.317. The Balaban J connectivity index is 1.68. The van der Waals surface area contributed by atoms with Gasteiger partial charge in [-0.15, -0.1) is 0 Å². The molecule has 3 unspecified atom stereocenters. The largest absolute Gasteiger partial charge is 0.466 e. The molecule has 3 atom stereocenters. The average Bonchev–Trinajstić information content (AvgIpc) is 2.80.